The average molecular weight is 233 g/mol. The van der Waals surface area contributed by atoms with Crippen molar-refractivity contribution in [2.24, 2.45) is 0 Å². The van der Waals surface area contributed by atoms with Crippen molar-refractivity contribution in [3.63, 3.8) is 0 Å². The zero-order chi connectivity index (χ0) is 12.4. The molecule has 3 nitrogen and oxygen atoms in total. The molecule has 0 spiro atoms. The fourth-order valence-electron chi connectivity index (χ4n) is 1.82. The fourth-order valence-corrected chi connectivity index (χ4v) is 1.82. The van der Waals surface area contributed by atoms with E-state index >= 15 is 0 Å². The lowest BCUT2D eigenvalue weighted by Crippen LogP contribution is -2.20. The van der Waals surface area contributed by atoms with Crippen molar-refractivity contribution in [1.82, 2.24) is 5.32 Å². The number of rotatable bonds is 4. The third-order valence-electron chi connectivity index (χ3n) is 2.95. The molecule has 0 unspecified atom stereocenters. The Kier molecular flexibility index (Phi) is 3.36. The minimum Gasteiger partial charge on any atom is -0.490 e. The molecule has 92 valence electrons. The molecule has 0 atom stereocenters. The van der Waals surface area contributed by atoms with E-state index in [2.05, 4.69) is 19.2 Å². The minimum absolute atomic E-state index is 0.0463. The molecule has 1 aromatic carbocycles. The van der Waals surface area contributed by atoms with Crippen LogP contribution in [0, 0.1) is 0 Å². The van der Waals surface area contributed by atoms with Crippen molar-refractivity contribution < 1.29 is 9.53 Å². The largest absolute Gasteiger partial charge is 0.490 e. The molecule has 17 heavy (non-hydrogen) atoms. The summed E-state index contributed by atoms with van der Waals surface area (Å²) in [7, 11) is 1.65. The summed E-state index contributed by atoms with van der Waals surface area (Å²) in [5.74, 6) is 1.09. The highest BCUT2D eigenvalue weighted by atomic mass is 16.5. The van der Waals surface area contributed by atoms with Gasteiger partial charge in [-0.15, -0.1) is 0 Å². The molecule has 1 N–H and O–H groups in total. The molecule has 1 aromatic rings. The molecule has 0 aromatic heterocycles. The Bertz CT molecular complexity index is 422. The second-order valence-electron chi connectivity index (χ2n) is 4.80. The number of nitrogens with one attached hydrogen (secondary N) is 1. The van der Waals surface area contributed by atoms with Gasteiger partial charge in [0.1, 0.15) is 5.75 Å². The zero-order valence-corrected chi connectivity index (χ0v) is 10.6. The first-order valence-electron chi connectivity index (χ1n) is 6.14. The highest BCUT2D eigenvalue weighted by Gasteiger charge is 2.24. The van der Waals surface area contributed by atoms with E-state index in [9.17, 15) is 4.79 Å². The van der Waals surface area contributed by atoms with Crippen molar-refractivity contribution >= 4 is 5.91 Å². The van der Waals surface area contributed by atoms with Gasteiger partial charge in [0, 0.05) is 12.6 Å². The highest BCUT2D eigenvalue weighted by molar-refractivity contribution is 5.96. The third-order valence-corrected chi connectivity index (χ3v) is 2.95. The first-order valence-corrected chi connectivity index (χ1v) is 6.14. The summed E-state index contributed by atoms with van der Waals surface area (Å²) in [5.41, 5.74) is 1.79. The van der Waals surface area contributed by atoms with Gasteiger partial charge >= 0.3 is 0 Å². The Balaban J connectivity index is 2.30. The monoisotopic (exact) mass is 233 g/mol. The number of ether oxygens (including phenoxy) is 1. The number of carbonyl (C=O) groups is 1. The number of benzene rings is 1. The summed E-state index contributed by atoms with van der Waals surface area (Å²) in [5, 5.41) is 2.68. The van der Waals surface area contributed by atoms with Gasteiger partial charge in [-0.3, -0.25) is 4.79 Å². The normalized spacial score (nSPS) is 14.8. The van der Waals surface area contributed by atoms with Gasteiger partial charge in [-0.2, -0.15) is 0 Å². The Morgan fingerprint density at radius 1 is 1.41 bits per heavy atom. The third kappa shape index (κ3) is 2.78. The molecule has 1 amide bonds. The summed E-state index contributed by atoms with van der Waals surface area (Å²) in [6, 6.07) is 5.81. The molecule has 3 heteroatoms. The van der Waals surface area contributed by atoms with E-state index < -0.39 is 0 Å². The van der Waals surface area contributed by atoms with Crippen molar-refractivity contribution in [3.05, 3.63) is 29.3 Å². The molecular formula is C14H19NO2. The van der Waals surface area contributed by atoms with E-state index in [4.69, 9.17) is 4.74 Å². The predicted octanol–water partition coefficient (Wildman–Crippen LogP) is 2.71. The molecule has 1 aliphatic rings. The standard InChI is InChI=1S/C14H19NO2/c1-9(2)12-7-6-11(17-10-4-5-10)8-13(12)14(16)15-3/h6-10H,4-5H2,1-3H3,(H,15,16). The summed E-state index contributed by atoms with van der Waals surface area (Å²) < 4.78 is 5.72. The summed E-state index contributed by atoms with van der Waals surface area (Å²) >= 11 is 0. The van der Waals surface area contributed by atoms with Crippen LogP contribution in [-0.4, -0.2) is 19.1 Å². The van der Waals surface area contributed by atoms with Crippen molar-refractivity contribution in [1.29, 1.82) is 0 Å². The average Bonchev–Trinajstić information content (AvgIpc) is 3.11. The van der Waals surface area contributed by atoms with Crippen LogP contribution in [0.5, 0.6) is 5.75 Å². The number of hydrogen-bond donors (Lipinski definition) is 1. The van der Waals surface area contributed by atoms with E-state index in [1.54, 1.807) is 7.05 Å². The van der Waals surface area contributed by atoms with E-state index in [0.717, 1.165) is 29.7 Å². The van der Waals surface area contributed by atoms with Gasteiger partial charge in [0.15, 0.2) is 0 Å². The molecule has 1 saturated carbocycles. The summed E-state index contributed by atoms with van der Waals surface area (Å²) in [6.07, 6.45) is 2.61. The number of hydrogen-bond acceptors (Lipinski definition) is 2. The molecular weight excluding hydrogens is 214 g/mol. The van der Waals surface area contributed by atoms with Gasteiger partial charge in [-0.05, 0) is 36.5 Å². The first-order chi connectivity index (χ1) is 8.11. The Labute approximate surface area is 102 Å². The molecule has 0 bridgehead atoms. The van der Waals surface area contributed by atoms with Crippen LogP contribution < -0.4 is 10.1 Å². The van der Waals surface area contributed by atoms with Crippen LogP contribution in [0.2, 0.25) is 0 Å². The molecule has 0 heterocycles. The van der Waals surface area contributed by atoms with E-state index in [1.807, 2.05) is 18.2 Å². The van der Waals surface area contributed by atoms with Gasteiger partial charge in [-0.1, -0.05) is 19.9 Å². The van der Waals surface area contributed by atoms with Crippen LogP contribution in [0.25, 0.3) is 0 Å². The molecule has 1 fully saturated rings. The Morgan fingerprint density at radius 3 is 2.65 bits per heavy atom. The quantitative estimate of drug-likeness (QED) is 0.868. The van der Waals surface area contributed by atoms with Crippen LogP contribution >= 0.6 is 0 Å². The topological polar surface area (TPSA) is 38.3 Å². The van der Waals surface area contributed by atoms with E-state index in [1.165, 1.54) is 0 Å². The van der Waals surface area contributed by atoms with E-state index in [-0.39, 0.29) is 5.91 Å². The SMILES string of the molecule is CNC(=O)c1cc(OC2CC2)ccc1C(C)C. The number of amides is 1. The zero-order valence-electron chi connectivity index (χ0n) is 10.6. The lowest BCUT2D eigenvalue weighted by molar-refractivity contribution is 0.0961. The minimum atomic E-state index is -0.0463. The molecule has 2 rings (SSSR count). The lowest BCUT2D eigenvalue weighted by Gasteiger charge is -2.14. The Morgan fingerprint density at radius 2 is 2.12 bits per heavy atom. The summed E-state index contributed by atoms with van der Waals surface area (Å²) in [4.78, 5) is 11.8. The summed E-state index contributed by atoms with van der Waals surface area (Å²) in [6.45, 7) is 4.17. The maximum absolute atomic E-state index is 11.8. The second kappa shape index (κ2) is 4.78. The smallest absolute Gasteiger partial charge is 0.251 e. The maximum atomic E-state index is 11.8. The predicted molar refractivity (Wildman–Crippen MR) is 67.6 cm³/mol. The van der Waals surface area contributed by atoms with E-state index in [0.29, 0.717) is 12.0 Å². The Hall–Kier alpha value is -1.51. The maximum Gasteiger partial charge on any atom is 0.251 e. The van der Waals surface area contributed by atoms with Gasteiger partial charge in [0.2, 0.25) is 0 Å². The van der Waals surface area contributed by atoms with Gasteiger partial charge < -0.3 is 10.1 Å². The van der Waals surface area contributed by atoms with Crippen LogP contribution in [0.1, 0.15) is 48.5 Å². The van der Waals surface area contributed by atoms with Crippen LogP contribution in [0.3, 0.4) is 0 Å². The fraction of sp³-hybridized carbons (Fsp3) is 0.500. The molecule has 0 radical (unpaired) electrons. The van der Waals surface area contributed by atoms with Crippen molar-refractivity contribution in [2.45, 2.75) is 38.7 Å². The lowest BCUT2D eigenvalue weighted by atomic mass is 9.96. The van der Waals surface area contributed by atoms with Gasteiger partial charge in [0.05, 0.1) is 6.10 Å². The molecule has 0 aliphatic heterocycles. The van der Waals surface area contributed by atoms with Crippen LogP contribution in [0.15, 0.2) is 18.2 Å². The second-order valence-corrected chi connectivity index (χ2v) is 4.80. The highest BCUT2D eigenvalue weighted by Crippen LogP contribution is 2.29. The van der Waals surface area contributed by atoms with Crippen LogP contribution in [-0.2, 0) is 0 Å². The van der Waals surface area contributed by atoms with Crippen LogP contribution in [0.4, 0.5) is 0 Å². The number of carbonyl (C=O) groups excluding carboxylic acids is 1. The van der Waals surface area contributed by atoms with Crippen molar-refractivity contribution in [2.75, 3.05) is 7.05 Å². The molecule has 1 aliphatic carbocycles. The van der Waals surface area contributed by atoms with Gasteiger partial charge in [0.25, 0.3) is 5.91 Å². The molecule has 0 saturated heterocycles. The van der Waals surface area contributed by atoms with Crippen molar-refractivity contribution in [3.8, 4) is 5.75 Å². The van der Waals surface area contributed by atoms with Gasteiger partial charge in [-0.25, -0.2) is 0 Å². The first kappa shape index (κ1) is 12.0.